The maximum atomic E-state index is 9.58. The second-order valence-electron chi connectivity index (χ2n) is 7.26. The summed E-state index contributed by atoms with van der Waals surface area (Å²) < 4.78 is 5.93. The largest absolute Gasteiger partial charge is 0.508 e. The number of nitrogens with one attached hydrogen (secondary N) is 1. The van der Waals surface area contributed by atoms with Crippen LogP contribution in [0, 0.1) is 5.92 Å². The van der Waals surface area contributed by atoms with Gasteiger partial charge < -0.3 is 20.1 Å². The van der Waals surface area contributed by atoms with E-state index in [1.807, 2.05) is 30.3 Å². The highest BCUT2D eigenvalue weighted by Gasteiger charge is 2.24. The summed E-state index contributed by atoms with van der Waals surface area (Å²) in [5.41, 5.74) is 2.33. The third kappa shape index (κ3) is 7.85. The summed E-state index contributed by atoms with van der Waals surface area (Å²) in [6.45, 7) is 7.11. The highest BCUT2D eigenvalue weighted by molar-refractivity contribution is 14.0. The molecule has 1 unspecified atom stereocenters. The van der Waals surface area contributed by atoms with Crippen LogP contribution in [0.4, 0.5) is 0 Å². The molecule has 2 N–H and O–H groups in total. The van der Waals surface area contributed by atoms with E-state index in [9.17, 15) is 5.11 Å². The lowest BCUT2D eigenvalue weighted by Gasteiger charge is -2.21. The van der Waals surface area contributed by atoms with Crippen LogP contribution in [-0.4, -0.2) is 48.8 Å². The Kier molecular flexibility index (Phi) is 10.3. The number of benzene rings is 2. The number of phenolic OH excluding ortho intramolecular Hbond substituents is 1. The predicted octanol–water partition coefficient (Wildman–Crippen LogP) is 4.06. The minimum atomic E-state index is 0. The number of aromatic hydroxyl groups is 1. The molecule has 0 aromatic heterocycles. The summed E-state index contributed by atoms with van der Waals surface area (Å²) >= 11 is 0. The van der Waals surface area contributed by atoms with Crippen LogP contribution >= 0.6 is 24.0 Å². The van der Waals surface area contributed by atoms with E-state index in [1.165, 1.54) is 5.56 Å². The summed E-state index contributed by atoms with van der Waals surface area (Å²) in [4.78, 5) is 7.13. The van der Waals surface area contributed by atoms with Crippen molar-refractivity contribution < 1.29 is 9.84 Å². The van der Waals surface area contributed by atoms with Gasteiger partial charge in [0.25, 0.3) is 0 Å². The molecule has 0 radical (unpaired) electrons. The van der Waals surface area contributed by atoms with Gasteiger partial charge in [-0.2, -0.15) is 0 Å². The molecule has 5 nitrogen and oxygen atoms in total. The Balaban J connectivity index is 0.00000300. The van der Waals surface area contributed by atoms with Gasteiger partial charge in [0.15, 0.2) is 5.96 Å². The van der Waals surface area contributed by atoms with E-state index in [-0.39, 0.29) is 24.0 Å². The first-order chi connectivity index (χ1) is 13.7. The van der Waals surface area contributed by atoms with Gasteiger partial charge in [-0.3, -0.25) is 4.99 Å². The summed E-state index contributed by atoms with van der Waals surface area (Å²) in [7, 11) is 0. The lowest BCUT2D eigenvalue weighted by atomic mass is 10.1. The summed E-state index contributed by atoms with van der Waals surface area (Å²) in [5, 5.41) is 13.0. The summed E-state index contributed by atoms with van der Waals surface area (Å²) in [6.07, 6.45) is 1.95. The topological polar surface area (TPSA) is 57.1 Å². The number of ether oxygens (including phenoxy) is 1. The van der Waals surface area contributed by atoms with Crippen molar-refractivity contribution in [3.8, 4) is 5.75 Å². The number of rotatable bonds is 8. The van der Waals surface area contributed by atoms with E-state index >= 15 is 0 Å². The van der Waals surface area contributed by atoms with Crippen LogP contribution in [0.1, 0.15) is 24.5 Å². The third-order valence-corrected chi connectivity index (χ3v) is 4.96. The fourth-order valence-electron chi connectivity index (χ4n) is 3.51. The number of phenols is 1. The minimum absolute atomic E-state index is 0. The molecule has 6 heteroatoms. The molecule has 3 rings (SSSR count). The first-order valence-corrected chi connectivity index (χ1v) is 10.2. The number of nitrogens with zero attached hydrogens (tertiary/aromatic N) is 2. The maximum Gasteiger partial charge on any atom is 0.193 e. The van der Waals surface area contributed by atoms with Crippen molar-refractivity contribution >= 4 is 29.9 Å². The zero-order valence-corrected chi connectivity index (χ0v) is 19.4. The molecule has 1 aliphatic rings. The number of likely N-dealkylation sites (tertiary alicyclic amines) is 1. The highest BCUT2D eigenvalue weighted by atomic mass is 127. The molecule has 29 heavy (non-hydrogen) atoms. The van der Waals surface area contributed by atoms with Crippen molar-refractivity contribution in [1.82, 2.24) is 10.2 Å². The van der Waals surface area contributed by atoms with Crippen molar-refractivity contribution in [1.29, 1.82) is 0 Å². The Hall–Kier alpha value is -1.80. The number of hydrogen-bond donors (Lipinski definition) is 2. The average Bonchev–Trinajstić information content (AvgIpc) is 3.17. The first kappa shape index (κ1) is 23.5. The van der Waals surface area contributed by atoms with Crippen molar-refractivity contribution in [2.45, 2.75) is 26.4 Å². The van der Waals surface area contributed by atoms with Gasteiger partial charge in [0, 0.05) is 32.1 Å². The van der Waals surface area contributed by atoms with E-state index in [4.69, 9.17) is 9.73 Å². The first-order valence-electron chi connectivity index (χ1n) is 10.2. The van der Waals surface area contributed by atoms with Crippen molar-refractivity contribution in [2.75, 3.05) is 32.8 Å². The summed E-state index contributed by atoms with van der Waals surface area (Å²) in [5.74, 6) is 1.83. The molecule has 1 heterocycles. The van der Waals surface area contributed by atoms with Gasteiger partial charge in [-0.15, -0.1) is 24.0 Å². The summed E-state index contributed by atoms with van der Waals surface area (Å²) in [6, 6.07) is 17.7. The van der Waals surface area contributed by atoms with Crippen LogP contribution < -0.4 is 5.32 Å². The van der Waals surface area contributed by atoms with E-state index in [1.54, 1.807) is 12.1 Å². The van der Waals surface area contributed by atoms with Crippen molar-refractivity contribution in [3.05, 3.63) is 65.7 Å². The van der Waals surface area contributed by atoms with Crippen LogP contribution in [0.15, 0.2) is 59.6 Å². The number of guanidine groups is 1. The molecule has 0 bridgehead atoms. The Morgan fingerprint density at radius 1 is 1.17 bits per heavy atom. The van der Waals surface area contributed by atoms with Gasteiger partial charge in [0.05, 0.1) is 13.2 Å². The van der Waals surface area contributed by atoms with Crippen LogP contribution in [0.2, 0.25) is 0 Å². The molecule has 0 saturated carbocycles. The predicted molar refractivity (Wildman–Crippen MR) is 129 cm³/mol. The SMILES string of the molecule is CCNC(=NCCc1cccc(O)c1)N1CCC(COCc2ccccc2)C1.I. The smallest absolute Gasteiger partial charge is 0.193 e. The normalized spacial score (nSPS) is 16.5. The molecule has 0 amide bonds. The van der Waals surface area contributed by atoms with Gasteiger partial charge in [-0.1, -0.05) is 42.5 Å². The van der Waals surface area contributed by atoms with E-state index in [0.717, 1.165) is 50.6 Å². The highest BCUT2D eigenvalue weighted by Crippen LogP contribution is 2.18. The van der Waals surface area contributed by atoms with Crippen LogP contribution in [0.5, 0.6) is 5.75 Å². The molecule has 1 atom stereocenters. The molecular formula is C23H32IN3O2. The maximum absolute atomic E-state index is 9.58. The van der Waals surface area contributed by atoms with Crippen LogP contribution in [-0.2, 0) is 17.8 Å². The van der Waals surface area contributed by atoms with E-state index in [2.05, 4.69) is 29.3 Å². The fourth-order valence-corrected chi connectivity index (χ4v) is 3.51. The lowest BCUT2D eigenvalue weighted by Crippen LogP contribution is -2.40. The molecule has 2 aromatic carbocycles. The monoisotopic (exact) mass is 509 g/mol. The number of halogens is 1. The van der Waals surface area contributed by atoms with E-state index < -0.39 is 0 Å². The van der Waals surface area contributed by atoms with Gasteiger partial charge in [-0.25, -0.2) is 0 Å². The molecule has 1 saturated heterocycles. The lowest BCUT2D eigenvalue weighted by molar-refractivity contribution is 0.0907. The Labute approximate surface area is 191 Å². The van der Waals surface area contributed by atoms with Gasteiger partial charge in [-0.05, 0) is 43.0 Å². The molecule has 158 valence electrons. The molecule has 1 aliphatic heterocycles. The average molecular weight is 509 g/mol. The molecule has 2 aromatic rings. The molecule has 0 spiro atoms. The second kappa shape index (κ2) is 12.7. The fraction of sp³-hybridized carbons (Fsp3) is 0.435. The van der Waals surface area contributed by atoms with Crippen molar-refractivity contribution in [3.63, 3.8) is 0 Å². The van der Waals surface area contributed by atoms with Gasteiger partial charge >= 0.3 is 0 Å². The molecular weight excluding hydrogens is 477 g/mol. The Morgan fingerprint density at radius 3 is 2.72 bits per heavy atom. The van der Waals surface area contributed by atoms with Gasteiger partial charge in [0.2, 0.25) is 0 Å². The zero-order valence-electron chi connectivity index (χ0n) is 17.1. The zero-order chi connectivity index (χ0) is 19.6. The standard InChI is InChI=1S/C23H31N3O2.HI/c1-2-24-23(25-13-11-19-9-6-10-22(27)15-19)26-14-12-21(16-26)18-28-17-20-7-4-3-5-8-20;/h3-10,15,21,27H,2,11-14,16-18H2,1H3,(H,24,25);1H. The van der Waals surface area contributed by atoms with Crippen molar-refractivity contribution in [2.24, 2.45) is 10.9 Å². The second-order valence-corrected chi connectivity index (χ2v) is 7.26. The van der Waals surface area contributed by atoms with Gasteiger partial charge in [0.1, 0.15) is 5.75 Å². The quantitative estimate of drug-likeness (QED) is 0.320. The number of hydrogen-bond acceptors (Lipinski definition) is 3. The minimum Gasteiger partial charge on any atom is -0.508 e. The Morgan fingerprint density at radius 2 is 1.97 bits per heavy atom. The van der Waals surface area contributed by atoms with Crippen LogP contribution in [0.25, 0.3) is 0 Å². The molecule has 1 fully saturated rings. The van der Waals surface area contributed by atoms with E-state index in [0.29, 0.717) is 24.8 Å². The Bertz CT molecular complexity index is 755. The third-order valence-electron chi connectivity index (χ3n) is 4.96. The van der Waals surface area contributed by atoms with Crippen LogP contribution in [0.3, 0.4) is 0 Å². The molecule has 0 aliphatic carbocycles. The number of aliphatic imine (C=N–C) groups is 1.